The first kappa shape index (κ1) is 23.7. The van der Waals surface area contributed by atoms with Crippen LogP contribution in [0.3, 0.4) is 0 Å². The van der Waals surface area contributed by atoms with E-state index in [1.54, 1.807) is 24.0 Å². The van der Waals surface area contributed by atoms with Gasteiger partial charge in [0.05, 0.1) is 16.9 Å². The Labute approximate surface area is 217 Å². The third-order valence-electron chi connectivity index (χ3n) is 7.21. The molecular weight excluding hydrogens is 528 g/mol. The first-order valence-corrected chi connectivity index (χ1v) is 12.5. The number of fused-ring (bicyclic) bond motifs is 3. The molecule has 1 spiro atoms. The summed E-state index contributed by atoms with van der Waals surface area (Å²) in [5, 5.41) is 13.9. The average Bonchev–Trinajstić information content (AvgIpc) is 3.05. The number of halogens is 2. The van der Waals surface area contributed by atoms with Crippen LogP contribution in [-0.2, 0) is 15.0 Å². The number of aryl methyl sites for hydroxylation is 1. The normalized spacial score (nSPS) is 22.8. The van der Waals surface area contributed by atoms with Crippen molar-refractivity contribution in [2.45, 2.75) is 46.0 Å². The van der Waals surface area contributed by atoms with Gasteiger partial charge in [-0.2, -0.15) is 5.26 Å². The van der Waals surface area contributed by atoms with Crippen molar-refractivity contribution in [2.24, 2.45) is 11.1 Å². The van der Waals surface area contributed by atoms with E-state index in [4.69, 9.17) is 17.3 Å². The smallest absolute Gasteiger partial charge is 0.245 e. The van der Waals surface area contributed by atoms with Gasteiger partial charge in [0.25, 0.3) is 0 Å². The number of anilines is 2. The lowest BCUT2D eigenvalue weighted by molar-refractivity contribution is -0.123. The fourth-order valence-corrected chi connectivity index (χ4v) is 6.26. The van der Waals surface area contributed by atoms with Gasteiger partial charge < -0.3 is 11.1 Å². The standard InChI is InChI=1S/C27H24BrClN4O2/c1-13-5-7-17(28)19(9-13)33-20-10-26(3,4)11-21(34)22(20)27(16(12-30)24(33)31)15-6-8-18(29)14(2)23(15)32-25(27)35/h5-9H,10-11,31H2,1-4H3,(H,32,35). The van der Waals surface area contributed by atoms with Crippen molar-refractivity contribution in [1.82, 2.24) is 0 Å². The minimum absolute atomic E-state index is 0.0377. The molecule has 0 radical (unpaired) electrons. The van der Waals surface area contributed by atoms with Crippen molar-refractivity contribution in [1.29, 1.82) is 5.26 Å². The van der Waals surface area contributed by atoms with E-state index in [-0.39, 0.29) is 29.0 Å². The summed E-state index contributed by atoms with van der Waals surface area (Å²) in [5.74, 6) is -0.486. The van der Waals surface area contributed by atoms with Crippen LogP contribution in [0.15, 0.2) is 57.5 Å². The molecule has 0 bridgehead atoms. The number of nitrogens with one attached hydrogen (secondary N) is 1. The highest BCUT2D eigenvalue weighted by molar-refractivity contribution is 9.10. The van der Waals surface area contributed by atoms with Crippen molar-refractivity contribution < 1.29 is 9.59 Å². The van der Waals surface area contributed by atoms with Gasteiger partial charge in [0.1, 0.15) is 17.3 Å². The van der Waals surface area contributed by atoms with Gasteiger partial charge in [-0.3, -0.25) is 14.5 Å². The fourth-order valence-electron chi connectivity index (χ4n) is 5.68. The summed E-state index contributed by atoms with van der Waals surface area (Å²) in [5.41, 5.74) is 9.24. The first-order chi connectivity index (χ1) is 16.4. The number of nitriles is 1. The van der Waals surface area contributed by atoms with Crippen molar-refractivity contribution in [3.05, 3.63) is 79.2 Å². The monoisotopic (exact) mass is 550 g/mol. The summed E-state index contributed by atoms with van der Waals surface area (Å²) in [6.45, 7) is 7.82. The van der Waals surface area contributed by atoms with Crippen LogP contribution in [-0.4, -0.2) is 11.7 Å². The molecule has 2 aliphatic heterocycles. The maximum Gasteiger partial charge on any atom is 0.245 e. The topological polar surface area (TPSA) is 99.2 Å². The Morgan fingerprint density at radius 3 is 2.57 bits per heavy atom. The zero-order valence-electron chi connectivity index (χ0n) is 19.8. The number of carbonyl (C=O) groups is 2. The van der Waals surface area contributed by atoms with Crippen LogP contribution in [0.2, 0.25) is 5.02 Å². The van der Waals surface area contributed by atoms with Gasteiger partial charge >= 0.3 is 0 Å². The maximum absolute atomic E-state index is 13.9. The molecule has 3 aliphatic rings. The Bertz CT molecular complexity index is 1470. The largest absolute Gasteiger partial charge is 0.384 e. The van der Waals surface area contributed by atoms with Crippen molar-refractivity contribution >= 4 is 50.6 Å². The van der Waals surface area contributed by atoms with Crippen molar-refractivity contribution in [2.75, 3.05) is 10.2 Å². The van der Waals surface area contributed by atoms with E-state index in [1.807, 2.05) is 39.0 Å². The number of amides is 1. The molecule has 0 fully saturated rings. The minimum Gasteiger partial charge on any atom is -0.384 e. The average molecular weight is 552 g/mol. The lowest BCUT2D eigenvalue weighted by atomic mass is 9.60. The van der Waals surface area contributed by atoms with Crippen LogP contribution in [0.4, 0.5) is 11.4 Å². The van der Waals surface area contributed by atoms with Gasteiger partial charge in [0, 0.05) is 32.7 Å². The molecule has 178 valence electrons. The first-order valence-electron chi connectivity index (χ1n) is 11.3. The van der Waals surface area contributed by atoms with Crippen LogP contribution in [0.25, 0.3) is 0 Å². The molecular formula is C27H24BrClN4O2. The van der Waals surface area contributed by atoms with E-state index in [0.29, 0.717) is 45.2 Å². The fraction of sp³-hybridized carbons (Fsp3) is 0.296. The predicted molar refractivity (Wildman–Crippen MR) is 140 cm³/mol. The molecule has 1 aliphatic carbocycles. The van der Waals surface area contributed by atoms with Gasteiger partial charge in [-0.1, -0.05) is 37.6 Å². The van der Waals surface area contributed by atoms with Gasteiger partial charge in [-0.15, -0.1) is 0 Å². The van der Waals surface area contributed by atoms with Crippen LogP contribution in [0.1, 0.15) is 43.4 Å². The lowest BCUT2D eigenvalue weighted by Crippen LogP contribution is -2.52. The number of carbonyl (C=O) groups excluding carboxylic acids is 2. The molecule has 3 N–H and O–H groups in total. The zero-order chi connectivity index (χ0) is 25.4. The molecule has 1 unspecified atom stereocenters. The Balaban J connectivity index is 1.94. The molecule has 8 heteroatoms. The van der Waals surface area contributed by atoms with Crippen LogP contribution in [0, 0.1) is 30.6 Å². The summed E-state index contributed by atoms with van der Waals surface area (Å²) in [4.78, 5) is 29.6. The van der Waals surface area contributed by atoms with E-state index in [1.165, 1.54) is 0 Å². The second-order valence-corrected chi connectivity index (χ2v) is 11.5. The summed E-state index contributed by atoms with van der Waals surface area (Å²) >= 11 is 9.98. The molecule has 0 saturated carbocycles. The molecule has 1 atom stereocenters. The van der Waals surface area contributed by atoms with Gasteiger partial charge in [0.2, 0.25) is 5.91 Å². The molecule has 1 amide bonds. The molecule has 6 nitrogen and oxygen atoms in total. The summed E-state index contributed by atoms with van der Waals surface area (Å²) < 4.78 is 0.765. The Morgan fingerprint density at radius 2 is 1.89 bits per heavy atom. The zero-order valence-corrected chi connectivity index (χ0v) is 22.2. The molecule has 2 aromatic rings. The number of benzene rings is 2. The van der Waals surface area contributed by atoms with Crippen LogP contribution in [0.5, 0.6) is 0 Å². The number of hydrogen-bond acceptors (Lipinski definition) is 5. The van der Waals surface area contributed by atoms with Crippen LogP contribution >= 0.6 is 27.5 Å². The molecule has 2 heterocycles. The van der Waals surface area contributed by atoms with E-state index < -0.39 is 11.3 Å². The highest BCUT2D eigenvalue weighted by Gasteiger charge is 2.61. The van der Waals surface area contributed by atoms with Crippen LogP contribution < -0.4 is 16.0 Å². The summed E-state index contributed by atoms with van der Waals surface area (Å²) in [7, 11) is 0. The van der Waals surface area contributed by atoms with Gasteiger partial charge in [-0.05, 0) is 70.9 Å². The second kappa shape index (κ2) is 7.71. The quantitative estimate of drug-likeness (QED) is 0.469. The van der Waals surface area contributed by atoms with Gasteiger partial charge in [0.15, 0.2) is 5.78 Å². The molecule has 0 aromatic heterocycles. The number of Topliss-reactive ketones (excluding diaryl/α,β-unsaturated/α-hetero) is 1. The van der Waals surface area contributed by atoms with Crippen molar-refractivity contribution in [3.63, 3.8) is 0 Å². The van der Waals surface area contributed by atoms with E-state index in [0.717, 1.165) is 10.0 Å². The number of nitrogens with zero attached hydrogens (tertiary/aromatic N) is 2. The molecule has 0 saturated heterocycles. The summed E-state index contributed by atoms with van der Waals surface area (Å²) in [6.07, 6.45) is 0.759. The predicted octanol–water partition coefficient (Wildman–Crippen LogP) is 5.77. The molecule has 35 heavy (non-hydrogen) atoms. The summed E-state index contributed by atoms with van der Waals surface area (Å²) in [6, 6.07) is 11.5. The Kier molecular flexibility index (Phi) is 5.21. The SMILES string of the molecule is Cc1ccc(Br)c(N2C(N)=C(C#N)C3(C(=O)Nc4c3ccc(Cl)c4C)C3=C2CC(C)(C)CC3=O)c1. The second-order valence-electron chi connectivity index (χ2n) is 10.2. The van der Waals surface area contributed by atoms with E-state index >= 15 is 0 Å². The number of ketones is 1. The number of allylic oxidation sites excluding steroid dienone is 1. The minimum atomic E-state index is -1.63. The van der Waals surface area contributed by atoms with Crippen molar-refractivity contribution in [3.8, 4) is 6.07 Å². The van der Waals surface area contributed by atoms with E-state index in [9.17, 15) is 14.9 Å². The Hall–Kier alpha value is -3.08. The lowest BCUT2D eigenvalue weighted by Gasteiger charge is -2.47. The number of rotatable bonds is 1. The number of nitrogens with two attached hydrogens (primary N) is 1. The molecule has 5 rings (SSSR count). The van der Waals surface area contributed by atoms with Gasteiger partial charge in [-0.25, -0.2) is 0 Å². The number of hydrogen-bond donors (Lipinski definition) is 2. The maximum atomic E-state index is 13.9. The van der Waals surface area contributed by atoms with E-state index in [2.05, 4.69) is 27.3 Å². The third kappa shape index (κ3) is 3.13. The Morgan fingerprint density at radius 1 is 1.17 bits per heavy atom. The highest BCUT2D eigenvalue weighted by Crippen LogP contribution is 2.58. The molecule has 2 aromatic carbocycles. The third-order valence-corrected chi connectivity index (χ3v) is 8.29. The highest BCUT2D eigenvalue weighted by atomic mass is 79.9.